The number of ether oxygens (including phenoxy) is 2. The second-order valence-corrected chi connectivity index (χ2v) is 12.2. The van der Waals surface area contributed by atoms with Crippen molar-refractivity contribution in [2.75, 3.05) is 18.1 Å². The molecule has 2 heterocycles. The number of carbonyl (C=O) groups excluding carboxylic acids is 1. The van der Waals surface area contributed by atoms with Gasteiger partial charge >= 0.3 is 5.97 Å². The highest BCUT2D eigenvalue weighted by molar-refractivity contribution is 6.09. The molecule has 0 spiro atoms. The number of carboxylic acid groups (broad SMARTS) is 1. The maximum absolute atomic E-state index is 15.6. The summed E-state index contributed by atoms with van der Waals surface area (Å²) in [6, 6.07) is 9.18. The Hall–Kier alpha value is -3.71. The predicted molar refractivity (Wildman–Crippen MR) is 158 cm³/mol. The van der Waals surface area contributed by atoms with E-state index in [4.69, 9.17) is 9.47 Å². The van der Waals surface area contributed by atoms with Crippen molar-refractivity contribution in [2.45, 2.75) is 79.4 Å². The third kappa shape index (κ3) is 5.23. The van der Waals surface area contributed by atoms with Gasteiger partial charge < -0.3 is 19.5 Å². The van der Waals surface area contributed by atoms with Crippen LogP contribution in [0.3, 0.4) is 0 Å². The summed E-state index contributed by atoms with van der Waals surface area (Å²) in [7, 11) is 0. The number of halogens is 1. The van der Waals surface area contributed by atoms with Crippen LogP contribution in [0, 0.1) is 33.5 Å². The molecule has 0 bridgehead atoms. The van der Waals surface area contributed by atoms with Gasteiger partial charge in [0.2, 0.25) is 0 Å². The zero-order valence-corrected chi connectivity index (χ0v) is 24.9. The van der Waals surface area contributed by atoms with Gasteiger partial charge in [0.05, 0.1) is 12.2 Å². The first-order valence-electron chi connectivity index (χ1n) is 14.2. The van der Waals surface area contributed by atoms with Gasteiger partial charge in [0.15, 0.2) is 17.7 Å². The molecule has 6 nitrogen and oxygen atoms in total. The van der Waals surface area contributed by atoms with E-state index in [9.17, 15) is 14.7 Å². The van der Waals surface area contributed by atoms with Crippen LogP contribution in [0.5, 0.6) is 5.75 Å². The third-order valence-electron chi connectivity index (χ3n) is 8.07. The van der Waals surface area contributed by atoms with E-state index < -0.39 is 23.5 Å². The van der Waals surface area contributed by atoms with E-state index in [1.165, 1.54) is 6.07 Å². The van der Waals surface area contributed by atoms with Crippen LogP contribution in [0.25, 0.3) is 11.1 Å². The molecule has 0 fully saturated rings. The first-order chi connectivity index (χ1) is 19.3. The van der Waals surface area contributed by atoms with Crippen molar-refractivity contribution < 1.29 is 28.6 Å². The number of fused-ring (bicyclic) bond motifs is 2. The fourth-order valence-electron chi connectivity index (χ4n) is 6.17. The van der Waals surface area contributed by atoms with Crippen LogP contribution in [0.1, 0.15) is 82.6 Å². The van der Waals surface area contributed by atoms with Crippen molar-refractivity contribution in [3.63, 3.8) is 0 Å². The van der Waals surface area contributed by atoms with E-state index in [2.05, 4.69) is 0 Å². The van der Waals surface area contributed by atoms with E-state index >= 15 is 4.39 Å². The monoisotopic (exact) mass is 559 g/mol. The van der Waals surface area contributed by atoms with E-state index in [1.807, 2.05) is 72.7 Å². The SMILES string of the molecule is Cc1ccc(C)c(C(=O)N2CCc3c2cc(C)c(C(OC(C)(C)C)C(=O)O)c3-c2cc(F)c3c(c2C)CCCO3)c1. The summed E-state index contributed by atoms with van der Waals surface area (Å²) >= 11 is 0. The van der Waals surface area contributed by atoms with Crippen molar-refractivity contribution in [3.8, 4) is 16.9 Å². The average Bonchev–Trinajstić information content (AvgIpc) is 3.32. The fraction of sp³-hybridized carbons (Fsp3) is 0.412. The van der Waals surface area contributed by atoms with Crippen molar-refractivity contribution in [3.05, 3.63) is 80.7 Å². The molecular weight excluding hydrogens is 521 g/mol. The lowest BCUT2D eigenvalue weighted by atomic mass is 9.83. The van der Waals surface area contributed by atoms with Gasteiger partial charge in [-0.15, -0.1) is 0 Å². The normalized spacial score (nSPS) is 15.3. The average molecular weight is 560 g/mol. The number of carboxylic acids is 1. The summed E-state index contributed by atoms with van der Waals surface area (Å²) in [6.45, 7) is 14.0. The first kappa shape index (κ1) is 28.8. The van der Waals surface area contributed by atoms with E-state index in [0.717, 1.165) is 39.9 Å². The summed E-state index contributed by atoms with van der Waals surface area (Å²) in [5.74, 6) is -1.42. The number of aliphatic carboxylic acids is 1. The Morgan fingerprint density at radius 3 is 2.44 bits per heavy atom. The van der Waals surface area contributed by atoms with Crippen LogP contribution in [-0.4, -0.2) is 35.7 Å². The molecule has 0 radical (unpaired) electrons. The van der Waals surface area contributed by atoms with Crippen LogP contribution < -0.4 is 9.64 Å². The van der Waals surface area contributed by atoms with Crippen molar-refractivity contribution in [1.82, 2.24) is 0 Å². The number of amides is 1. The van der Waals surface area contributed by atoms with Crippen LogP contribution in [0.2, 0.25) is 0 Å². The van der Waals surface area contributed by atoms with Gasteiger partial charge in [-0.3, -0.25) is 4.79 Å². The Morgan fingerprint density at radius 2 is 1.76 bits per heavy atom. The predicted octanol–water partition coefficient (Wildman–Crippen LogP) is 7.20. The number of hydrogen-bond acceptors (Lipinski definition) is 4. The molecule has 2 aliphatic heterocycles. The Kier molecular flexibility index (Phi) is 7.45. The molecule has 1 unspecified atom stereocenters. The minimum absolute atomic E-state index is 0.106. The third-order valence-corrected chi connectivity index (χ3v) is 8.07. The Morgan fingerprint density at radius 1 is 1.02 bits per heavy atom. The molecule has 1 N–H and O–H groups in total. The first-order valence-corrected chi connectivity index (χ1v) is 14.2. The molecule has 2 aliphatic rings. The van der Waals surface area contributed by atoms with Crippen molar-refractivity contribution in [2.24, 2.45) is 0 Å². The largest absolute Gasteiger partial charge is 0.490 e. The molecule has 7 heteroatoms. The molecule has 0 aromatic heterocycles. The smallest absolute Gasteiger partial charge is 0.337 e. The van der Waals surface area contributed by atoms with Gasteiger partial charge in [0.25, 0.3) is 5.91 Å². The molecule has 3 aromatic rings. The maximum atomic E-state index is 15.6. The minimum atomic E-state index is -1.28. The molecule has 1 atom stereocenters. The molecule has 0 aliphatic carbocycles. The number of anilines is 1. The number of rotatable bonds is 5. The number of benzene rings is 3. The number of hydrogen-bond donors (Lipinski definition) is 1. The summed E-state index contributed by atoms with van der Waals surface area (Å²) < 4.78 is 27.4. The molecule has 216 valence electrons. The van der Waals surface area contributed by atoms with Crippen LogP contribution in [0.15, 0.2) is 30.3 Å². The molecule has 5 rings (SSSR count). The van der Waals surface area contributed by atoms with Gasteiger partial charge in [-0.05, 0) is 119 Å². The Balaban J connectivity index is 1.78. The Bertz CT molecular complexity index is 1570. The highest BCUT2D eigenvalue weighted by Gasteiger charge is 2.37. The highest BCUT2D eigenvalue weighted by Crippen LogP contribution is 2.48. The molecule has 41 heavy (non-hydrogen) atoms. The standard InChI is InChI=1S/C34H38FNO5/c1-18-10-11-19(2)24(15-18)32(37)36-13-12-23-27(36)16-20(3)28(31(33(38)39)41-34(5,6)7)29(23)25-17-26(35)30-22(21(25)4)9-8-14-40-30/h10-11,15-17,31H,8-9,12-14H2,1-7H3,(H,38,39). The van der Waals surface area contributed by atoms with Gasteiger partial charge in [0.1, 0.15) is 0 Å². The molecular formula is C34H38FNO5. The van der Waals surface area contributed by atoms with Crippen LogP contribution >= 0.6 is 0 Å². The van der Waals surface area contributed by atoms with Gasteiger partial charge in [-0.1, -0.05) is 17.7 Å². The lowest BCUT2D eigenvalue weighted by Crippen LogP contribution is -2.30. The molecule has 0 saturated carbocycles. The minimum Gasteiger partial charge on any atom is -0.490 e. The second kappa shape index (κ2) is 10.6. The van der Waals surface area contributed by atoms with Crippen molar-refractivity contribution in [1.29, 1.82) is 0 Å². The zero-order valence-electron chi connectivity index (χ0n) is 24.9. The molecule has 3 aromatic carbocycles. The lowest BCUT2D eigenvalue weighted by molar-refractivity contribution is -0.160. The molecule has 0 saturated heterocycles. The van der Waals surface area contributed by atoms with E-state index in [-0.39, 0.29) is 11.7 Å². The topological polar surface area (TPSA) is 76.1 Å². The Labute approximate surface area is 241 Å². The second-order valence-electron chi connectivity index (χ2n) is 12.2. The maximum Gasteiger partial charge on any atom is 0.337 e. The van der Waals surface area contributed by atoms with Crippen LogP contribution in [-0.2, 0) is 22.4 Å². The summed E-state index contributed by atoms with van der Waals surface area (Å²) in [5, 5.41) is 10.4. The van der Waals surface area contributed by atoms with E-state index in [1.54, 1.807) is 4.90 Å². The number of carbonyl (C=O) groups is 2. The van der Waals surface area contributed by atoms with Crippen LogP contribution in [0.4, 0.5) is 10.1 Å². The fourth-order valence-corrected chi connectivity index (χ4v) is 6.17. The van der Waals surface area contributed by atoms with Crippen molar-refractivity contribution >= 4 is 17.6 Å². The highest BCUT2D eigenvalue weighted by atomic mass is 19.1. The van der Waals surface area contributed by atoms with Gasteiger partial charge in [-0.25, -0.2) is 9.18 Å². The van der Waals surface area contributed by atoms with Gasteiger partial charge in [-0.2, -0.15) is 0 Å². The number of nitrogens with zero attached hydrogens (tertiary/aromatic N) is 1. The van der Waals surface area contributed by atoms with Gasteiger partial charge in [0, 0.05) is 28.9 Å². The summed E-state index contributed by atoms with van der Waals surface area (Å²) in [5.41, 5.74) is 7.39. The quantitative estimate of drug-likeness (QED) is 0.358. The van der Waals surface area contributed by atoms with E-state index in [0.29, 0.717) is 53.8 Å². The number of aryl methyl sites for hydroxylation is 3. The zero-order chi connectivity index (χ0) is 29.8. The lowest BCUT2D eigenvalue weighted by Gasteiger charge is -2.30. The summed E-state index contributed by atoms with van der Waals surface area (Å²) in [6.07, 6.45) is 0.672. The molecule has 1 amide bonds. The summed E-state index contributed by atoms with van der Waals surface area (Å²) in [4.78, 5) is 28.4.